The molecule has 2 nitrogen and oxygen atoms in total. The third-order valence-corrected chi connectivity index (χ3v) is 18.5. The van der Waals surface area contributed by atoms with Crippen LogP contribution < -0.4 is 20.7 Å². The molecule has 0 unspecified atom stereocenters. The summed E-state index contributed by atoms with van der Waals surface area (Å²) in [6.45, 7) is 9.76. The van der Waals surface area contributed by atoms with Gasteiger partial charge in [-0.05, 0) is 91.9 Å². The van der Waals surface area contributed by atoms with Crippen molar-refractivity contribution >= 4 is 72.4 Å². The number of fused-ring (bicyclic) bond motifs is 7. The molecule has 0 fully saturated rings. The Balaban J connectivity index is 1.18. The van der Waals surface area contributed by atoms with Gasteiger partial charge in [-0.15, -0.1) is 0 Å². The zero-order valence-corrected chi connectivity index (χ0v) is 35.3. The van der Waals surface area contributed by atoms with Crippen LogP contribution >= 0.6 is 0 Å². The van der Waals surface area contributed by atoms with E-state index >= 15 is 0 Å². The summed E-state index contributed by atoms with van der Waals surface area (Å²) in [5, 5.41) is 10.7. The van der Waals surface area contributed by atoms with E-state index in [0.29, 0.717) is 0 Å². The highest BCUT2D eigenvalue weighted by molar-refractivity contribution is 7.19. The quantitative estimate of drug-likeness (QED) is 0.118. The average Bonchev–Trinajstić information content (AvgIpc) is 3.80. The molecule has 10 aromatic rings. The molecule has 1 aliphatic rings. The van der Waals surface area contributed by atoms with Crippen LogP contribution in [0.1, 0.15) is 51.7 Å². The second-order valence-corrected chi connectivity index (χ2v) is 21.8. The molecular formula is C56H48N2Si. The lowest BCUT2D eigenvalue weighted by Gasteiger charge is -2.43. The van der Waals surface area contributed by atoms with Gasteiger partial charge in [-0.1, -0.05) is 185 Å². The van der Waals surface area contributed by atoms with Crippen molar-refractivity contribution in [3.8, 4) is 11.4 Å². The normalized spacial score (nSPS) is 14.9. The Morgan fingerprint density at radius 3 is 1.39 bits per heavy atom. The predicted molar refractivity (Wildman–Crippen MR) is 254 cm³/mol. The van der Waals surface area contributed by atoms with Crippen LogP contribution in [0.15, 0.2) is 194 Å². The average molecular weight is 777 g/mol. The molecule has 11 rings (SSSR count). The summed E-state index contributed by atoms with van der Waals surface area (Å²) in [7, 11) is -2.81. The molecule has 1 aliphatic carbocycles. The van der Waals surface area contributed by atoms with Crippen LogP contribution in [0.2, 0.25) is 0 Å². The van der Waals surface area contributed by atoms with Crippen molar-refractivity contribution in [1.29, 1.82) is 0 Å². The molecule has 0 atom stereocenters. The lowest BCUT2D eigenvalue weighted by Crippen LogP contribution is -2.74. The van der Waals surface area contributed by atoms with Gasteiger partial charge in [-0.3, -0.25) is 0 Å². The largest absolute Gasteiger partial charge is 0.307 e. The van der Waals surface area contributed by atoms with Gasteiger partial charge in [0, 0.05) is 27.2 Å². The van der Waals surface area contributed by atoms with Crippen LogP contribution in [-0.4, -0.2) is 17.2 Å². The van der Waals surface area contributed by atoms with E-state index in [-0.39, 0.29) is 10.8 Å². The molecule has 2 heterocycles. The second-order valence-electron chi connectivity index (χ2n) is 18.0. The predicted octanol–water partition coefficient (Wildman–Crippen LogP) is 11.6. The molecule has 0 bridgehead atoms. The summed E-state index contributed by atoms with van der Waals surface area (Å²) in [6.07, 6.45) is 2.39. The minimum absolute atomic E-state index is 0.100. The molecule has 0 aliphatic heterocycles. The fraction of sp³-hybridized carbons (Fsp3) is 0.143. The molecule has 0 radical (unpaired) electrons. The number of rotatable bonds is 6. The summed E-state index contributed by atoms with van der Waals surface area (Å²) >= 11 is 0. The maximum absolute atomic E-state index is 2.81. The minimum Gasteiger partial charge on any atom is -0.307 e. The number of hydrogen-bond acceptors (Lipinski definition) is 0. The molecule has 0 amide bonds. The first kappa shape index (κ1) is 35.7. The van der Waals surface area contributed by atoms with Crippen molar-refractivity contribution < 1.29 is 0 Å². The number of hydrogen-bond donors (Lipinski definition) is 0. The molecule has 59 heavy (non-hydrogen) atoms. The zero-order chi connectivity index (χ0) is 39.9. The van der Waals surface area contributed by atoms with Gasteiger partial charge in [0.25, 0.3) is 0 Å². The van der Waals surface area contributed by atoms with Gasteiger partial charge < -0.3 is 9.13 Å². The van der Waals surface area contributed by atoms with Crippen LogP contribution in [0.25, 0.3) is 55.0 Å². The van der Waals surface area contributed by atoms with Gasteiger partial charge in [0.2, 0.25) is 0 Å². The van der Waals surface area contributed by atoms with Crippen molar-refractivity contribution in [2.45, 2.75) is 51.4 Å². The molecule has 0 saturated carbocycles. The molecule has 3 heteroatoms. The maximum Gasteiger partial charge on any atom is 0.179 e. The van der Waals surface area contributed by atoms with Gasteiger partial charge >= 0.3 is 0 Å². The second kappa shape index (κ2) is 13.3. The van der Waals surface area contributed by atoms with Gasteiger partial charge in [-0.2, -0.15) is 0 Å². The Labute approximate surface area is 348 Å². The summed E-state index contributed by atoms with van der Waals surface area (Å²) in [5.74, 6) is 0. The summed E-state index contributed by atoms with van der Waals surface area (Å²) in [4.78, 5) is 0. The Morgan fingerprint density at radius 1 is 0.373 bits per heavy atom. The summed E-state index contributed by atoms with van der Waals surface area (Å²) < 4.78 is 4.98. The zero-order valence-electron chi connectivity index (χ0n) is 34.3. The third-order valence-electron chi connectivity index (χ3n) is 13.8. The monoisotopic (exact) mass is 776 g/mol. The Kier molecular flexibility index (Phi) is 8.06. The van der Waals surface area contributed by atoms with Crippen LogP contribution in [0.4, 0.5) is 0 Å². The van der Waals surface area contributed by atoms with E-state index in [1.807, 2.05) is 0 Å². The first-order chi connectivity index (χ1) is 28.8. The highest BCUT2D eigenvalue weighted by atomic mass is 28.3. The Hall–Kier alpha value is -6.42. The van der Waals surface area contributed by atoms with Crippen LogP contribution in [-0.2, 0) is 10.8 Å². The van der Waals surface area contributed by atoms with Crippen molar-refractivity contribution in [2.75, 3.05) is 0 Å². The van der Waals surface area contributed by atoms with Crippen LogP contribution in [0.5, 0.6) is 0 Å². The van der Waals surface area contributed by atoms with Gasteiger partial charge in [0.15, 0.2) is 8.07 Å². The number of aromatic nitrogens is 2. The summed E-state index contributed by atoms with van der Waals surface area (Å²) in [5.41, 5.74) is 10.4. The van der Waals surface area contributed by atoms with E-state index in [2.05, 4.69) is 231 Å². The molecule has 0 saturated heterocycles. The van der Waals surface area contributed by atoms with E-state index in [9.17, 15) is 0 Å². The first-order valence-corrected chi connectivity index (χ1v) is 23.2. The molecule has 0 spiro atoms. The van der Waals surface area contributed by atoms with Crippen molar-refractivity contribution in [3.63, 3.8) is 0 Å². The third kappa shape index (κ3) is 5.31. The smallest absolute Gasteiger partial charge is 0.179 e. The fourth-order valence-electron chi connectivity index (χ4n) is 10.7. The van der Waals surface area contributed by atoms with Crippen molar-refractivity contribution in [1.82, 2.24) is 9.13 Å². The Bertz CT molecular complexity index is 3110. The lowest BCUT2D eigenvalue weighted by molar-refractivity contribution is 0.332. The van der Waals surface area contributed by atoms with Crippen LogP contribution in [0.3, 0.4) is 0 Å². The van der Waals surface area contributed by atoms with Crippen LogP contribution in [0, 0.1) is 0 Å². The first-order valence-electron chi connectivity index (χ1n) is 21.2. The molecular weight excluding hydrogens is 729 g/mol. The van der Waals surface area contributed by atoms with E-state index in [1.54, 1.807) is 0 Å². The van der Waals surface area contributed by atoms with E-state index in [1.165, 1.54) is 94.0 Å². The van der Waals surface area contributed by atoms with Gasteiger partial charge in [0.1, 0.15) is 0 Å². The lowest BCUT2D eigenvalue weighted by atomic mass is 9.63. The maximum atomic E-state index is 2.63. The SMILES string of the molecule is CC1(C)CCC(C)(C)c2cc([Si](c3ccccc3)(c3ccccc3)c3ccc(-n4c5ccccc5c5cccc(-n6c7ccccc7c7ccccc76)c54)cc3)ccc21. The Morgan fingerprint density at radius 2 is 0.814 bits per heavy atom. The standard InChI is InChI=1S/C56H48N2Si/c1-55(2)36-37-56(3,4)49-38-43(34-35-48(49)55)59(40-18-7-5-8-19-40,41-20-9-6-10-21-41)42-32-30-39(31-33-42)57-50-26-14-13-24-46(50)47-25-17-29-53(54(47)57)58-51-27-15-11-22-44(51)45-23-12-16-28-52(45)58/h5-35,38H,36-37H2,1-4H3. The van der Waals surface area contributed by atoms with Crippen molar-refractivity contribution in [3.05, 3.63) is 205 Å². The van der Waals surface area contributed by atoms with Gasteiger partial charge in [0.05, 0.1) is 27.8 Å². The van der Waals surface area contributed by atoms with E-state index in [0.717, 1.165) is 5.69 Å². The fourth-order valence-corrected chi connectivity index (χ4v) is 15.4. The highest BCUT2D eigenvalue weighted by Crippen LogP contribution is 2.45. The minimum atomic E-state index is -2.81. The molecule has 286 valence electrons. The molecule has 0 N–H and O–H groups in total. The number of para-hydroxylation sites is 4. The number of benzene rings is 8. The topological polar surface area (TPSA) is 9.86 Å². The van der Waals surface area contributed by atoms with E-state index < -0.39 is 8.07 Å². The summed E-state index contributed by atoms with van der Waals surface area (Å²) in [6, 6.07) is 73.4. The van der Waals surface area contributed by atoms with E-state index in [4.69, 9.17) is 0 Å². The molecule has 2 aromatic heterocycles. The highest BCUT2D eigenvalue weighted by Gasteiger charge is 2.44. The number of nitrogens with zero attached hydrogens (tertiary/aromatic N) is 2. The van der Waals surface area contributed by atoms with Crippen molar-refractivity contribution in [2.24, 2.45) is 0 Å². The molecule has 8 aromatic carbocycles. The van der Waals surface area contributed by atoms with Gasteiger partial charge in [-0.25, -0.2) is 0 Å².